The van der Waals surface area contributed by atoms with Gasteiger partial charge >= 0.3 is 6.09 Å². The van der Waals surface area contributed by atoms with E-state index in [1.54, 1.807) is 4.90 Å². The first-order chi connectivity index (χ1) is 12.4. The molecule has 3 atom stereocenters. The first-order valence-electron chi connectivity index (χ1n) is 9.77. The van der Waals surface area contributed by atoms with Gasteiger partial charge in [0.15, 0.2) is 0 Å². The van der Waals surface area contributed by atoms with Gasteiger partial charge in [-0.1, -0.05) is 51.1 Å². The van der Waals surface area contributed by atoms with Crippen LogP contribution in [0.15, 0.2) is 30.3 Å². The van der Waals surface area contributed by atoms with Gasteiger partial charge in [0, 0.05) is 6.04 Å². The summed E-state index contributed by atoms with van der Waals surface area (Å²) in [6.45, 7) is 13.8. The lowest BCUT2D eigenvalue weighted by molar-refractivity contribution is -0.127. The lowest BCUT2D eigenvalue weighted by Crippen LogP contribution is -2.53. The van der Waals surface area contributed by atoms with Crippen LogP contribution in [0.25, 0.3) is 0 Å². The quantitative estimate of drug-likeness (QED) is 0.836. The molecule has 5 nitrogen and oxygen atoms in total. The van der Waals surface area contributed by atoms with Crippen LogP contribution in [-0.2, 0) is 9.53 Å². The standard InChI is InChI=1S/C22H34N2O3/c1-15(16-11-9-8-10-12-16)23-19(25)17-13-14-18(21(2,3)4)24(17)20(26)27-22(5,6)7/h8-12,15,17-18H,13-14H2,1-7H3,(H,23,25)/t15-,17-,18-/m0/s1. The molecule has 1 aliphatic heterocycles. The van der Waals surface area contributed by atoms with Gasteiger partial charge < -0.3 is 10.1 Å². The molecule has 150 valence electrons. The van der Waals surface area contributed by atoms with Gasteiger partial charge in [-0.05, 0) is 51.5 Å². The summed E-state index contributed by atoms with van der Waals surface area (Å²) in [4.78, 5) is 27.6. The van der Waals surface area contributed by atoms with Crippen molar-refractivity contribution < 1.29 is 14.3 Å². The van der Waals surface area contributed by atoms with Crippen molar-refractivity contribution in [3.05, 3.63) is 35.9 Å². The van der Waals surface area contributed by atoms with Crippen molar-refractivity contribution in [3.63, 3.8) is 0 Å². The molecule has 0 saturated carbocycles. The van der Waals surface area contributed by atoms with Gasteiger partial charge in [0.1, 0.15) is 11.6 Å². The lowest BCUT2D eigenvalue weighted by Gasteiger charge is -2.38. The van der Waals surface area contributed by atoms with Crippen LogP contribution in [0, 0.1) is 5.41 Å². The summed E-state index contributed by atoms with van der Waals surface area (Å²) in [6.07, 6.45) is 1.03. The zero-order valence-electron chi connectivity index (χ0n) is 17.7. The highest BCUT2D eigenvalue weighted by Gasteiger charge is 2.47. The van der Waals surface area contributed by atoms with Gasteiger partial charge in [0.25, 0.3) is 0 Å². The maximum absolute atomic E-state index is 13.0. The van der Waals surface area contributed by atoms with Crippen molar-refractivity contribution in [2.75, 3.05) is 0 Å². The third kappa shape index (κ3) is 5.47. The third-order valence-corrected chi connectivity index (χ3v) is 4.95. The highest BCUT2D eigenvalue weighted by atomic mass is 16.6. The average molecular weight is 375 g/mol. The molecule has 1 aromatic carbocycles. The van der Waals surface area contributed by atoms with E-state index in [1.165, 1.54) is 0 Å². The smallest absolute Gasteiger partial charge is 0.411 e. The number of carbonyl (C=O) groups excluding carboxylic acids is 2. The molecule has 5 heteroatoms. The van der Waals surface area contributed by atoms with Crippen molar-refractivity contribution in [1.82, 2.24) is 10.2 Å². The summed E-state index contributed by atoms with van der Waals surface area (Å²) in [5.74, 6) is -0.121. The molecule has 1 aliphatic rings. The number of nitrogens with zero attached hydrogens (tertiary/aromatic N) is 1. The van der Waals surface area contributed by atoms with Crippen LogP contribution in [-0.4, -0.2) is 34.6 Å². The van der Waals surface area contributed by atoms with Crippen molar-refractivity contribution in [3.8, 4) is 0 Å². The van der Waals surface area contributed by atoms with Gasteiger partial charge in [-0.15, -0.1) is 0 Å². The summed E-state index contributed by atoms with van der Waals surface area (Å²) in [5, 5.41) is 3.07. The molecule has 27 heavy (non-hydrogen) atoms. The van der Waals surface area contributed by atoms with Gasteiger partial charge in [0.2, 0.25) is 5.91 Å². The SMILES string of the molecule is C[C@H](NC(=O)[C@@H]1CC[C@@H](C(C)(C)C)N1C(=O)OC(C)(C)C)c1ccccc1. The fourth-order valence-corrected chi connectivity index (χ4v) is 3.62. The molecular formula is C22H34N2O3. The topological polar surface area (TPSA) is 58.6 Å². The Morgan fingerprint density at radius 2 is 1.67 bits per heavy atom. The first-order valence-corrected chi connectivity index (χ1v) is 9.77. The molecule has 0 aliphatic carbocycles. The summed E-state index contributed by atoms with van der Waals surface area (Å²) in [6, 6.07) is 9.18. The molecule has 0 spiro atoms. The molecule has 0 bridgehead atoms. The fraction of sp³-hybridized carbons (Fsp3) is 0.636. The first kappa shape index (κ1) is 21.3. The number of hydrogen-bond donors (Lipinski definition) is 1. The number of ether oxygens (including phenoxy) is 1. The van der Waals surface area contributed by atoms with Gasteiger partial charge in [-0.3, -0.25) is 9.69 Å². The highest BCUT2D eigenvalue weighted by molar-refractivity contribution is 5.87. The number of hydrogen-bond acceptors (Lipinski definition) is 3. The second-order valence-corrected chi connectivity index (χ2v) is 9.50. The van der Waals surface area contributed by atoms with E-state index < -0.39 is 17.7 Å². The molecule has 1 saturated heterocycles. The minimum absolute atomic E-state index is 0.0323. The number of benzene rings is 1. The average Bonchev–Trinajstić information content (AvgIpc) is 2.99. The number of likely N-dealkylation sites (tertiary alicyclic amines) is 1. The Morgan fingerprint density at radius 3 is 2.19 bits per heavy atom. The van der Waals surface area contributed by atoms with Crippen LogP contribution in [0.3, 0.4) is 0 Å². The fourth-order valence-electron chi connectivity index (χ4n) is 3.62. The second-order valence-electron chi connectivity index (χ2n) is 9.50. The van der Waals surface area contributed by atoms with E-state index in [9.17, 15) is 9.59 Å². The number of amides is 2. The lowest BCUT2D eigenvalue weighted by atomic mass is 9.85. The number of nitrogens with one attached hydrogen (secondary N) is 1. The zero-order valence-corrected chi connectivity index (χ0v) is 17.7. The van der Waals surface area contributed by atoms with E-state index in [0.717, 1.165) is 12.0 Å². The number of rotatable bonds is 3. The molecule has 1 aromatic rings. The van der Waals surface area contributed by atoms with Crippen LogP contribution in [0.5, 0.6) is 0 Å². The molecular weight excluding hydrogens is 340 g/mol. The van der Waals surface area contributed by atoms with Crippen molar-refractivity contribution >= 4 is 12.0 Å². The maximum Gasteiger partial charge on any atom is 0.411 e. The largest absolute Gasteiger partial charge is 0.444 e. The molecule has 2 amide bonds. The summed E-state index contributed by atoms with van der Waals surface area (Å²) in [5.41, 5.74) is 0.317. The summed E-state index contributed by atoms with van der Waals surface area (Å²) < 4.78 is 5.62. The van der Waals surface area contributed by atoms with Crippen LogP contribution in [0.2, 0.25) is 0 Å². The molecule has 0 radical (unpaired) electrons. The zero-order chi connectivity index (χ0) is 20.4. The van der Waals surface area contributed by atoms with E-state index in [1.807, 2.05) is 58.0 Å². The Morgan fingerprint density at radius 1 is 1.07 bits per heavy atom. The van der Waals surface area contributed by atoms with E-state index in [2.05, 4.69) is 26.1 Å². The van der Waals surface area contributed by atoms with E-state index in [4.69, 9.17) is 4.74 Å². The third-order valence-electron chi connectivity index (χ3n) is 4.95. The van der Waals surface area contributed by atoms with E-state index in [0.29, 0.717) is 6.42 Å². The summed E-state index contributed by atoms with van der Waals surface area (Å²) in [7, 11) is 0. The molecule has 0 aromatic heterocycles. The van der Waals surface area contributed by atoms with Crippen LogP contribution in [0.4, 0.5) is 4.79 Å². The monoisotopic (exact) mass is 374 g/mol. The maximum atomic E-state index is 13.0. The summed E-state index contributed by atoms with van der Waals surface area (Å²) >= 11 is 0. The molecule has 1 heterocycles. The van der Waals surface area contributed by atoms with Crippen LogP contribution >= 0.6 is 0 Å². The van der Waals surface area contributed by atoms with E-state index in [-0.39, 0.29) is 23.4 Å². The van der Waals surface area contributed by atoms with E-state index >= 15 is 0 Å². The molecule has 0 unspecified atom stereocenters. The predicted molar refractivity (Wildman–Crippen MR) is 107 cm³/mol. The Balaban J connectivity index is 2.19. The normalized spacial score (nSPS) is 21.7. The Hall–Kier alpha value is -2.04. The molecule has 1 N–H and O–H groups in total. The molecule has 2 rings (SSSR count). The molecule has 1 fully saturated rings. The van der Waals surface area contributed by atoms with Crippen molar-refractivity contribution in [1.29, 1.82) is 0 Å². The van der Waals surface area contributed by atoms with Gasteiger partial charge in [-0.25, -0.2) is 4.79 Å². The van der Waals surface area contributed by atoms with Crippen LogP contribution in [0.1, 0.15) is 72.9 Å². The number of carbonyl (C=O) groups is 2. The Bertz CT molecular complexity index is 658. The Kier molecular flexibility index (Phi) is 6.23. The predicted octanol–water partition coefficient (Wildman–Crippen LogP) is 4.68. The van der Waals surface area contributed by atoms with Crippen LogP contribution < -0.4 is 5.32 Å². The Labute approximate surface area is 163 Å². The minimum atomic E-state index is -0.597. The van der Waals surface area contributed by atoms with Crippen molar-refractivity contribution in [2.24, 2.45) is 5.41 Å². The van der Waals surface area contributed by atoms with Gasteiger partial charge in [0.05, 0.1) is 6.04 Å². The van der Waals surface area contributed by atoms with Crippen molar-refractivity contribution in [2.45, 2.75) is 85.0 Å². The highest BCUT2D eigenvalue weighted by Crippen LogP contribution is 2.37. The minimum Gasteiger partial charge on any atom is -0.444 e. The second kappa shape index (κ2) is 7.91. The van der Waals surface area contributed by atoms with Gasteiger partial charge in [-0.2, -0.15) is 0 Å².